The first-order valence-electron chi connectivity index (χ1n) is 5.20. The van der Waals surface area contributed by atoms with Crippen LogP contribution in [0, 0.1) is 0 Å². The van der Waals surface area contributed by atoms with Gasteiger partial charge in [-0.25, -0.2) is 10.8 Å². The molecule has 0 spiro atoms. The third-order valence-electron chi connectivity index (χ3n) is 2.55. The van der Waals surface area contributed by atoms with Crippen molar-refractivity contribution < 1.29 is 0 Å². The van der Waals surface area contributed by atoms with Crippen molar-refractivity contribution in [3.63, 3.8) is 0 Å². The van der Waals surface area contributed by atoms with Crippen LogP contribution >= 0.6 is 0 Å². The molecule has 0 aliphatic rings. The number of hydrogen-bond acceptors (Lipinski definition) is 5. The molecule has 0 saturated heterocycles. The molecule has 2 rings (SSSR count). The molecule has 3 N–H and O–H groups in total. The first-order valence-corrected chi connectivity index (χ1v) is 5.20. The van der Waals surface area contributed by atoms with E-state index >= 15 is 0 Å². The van der Waals surface area contributed by atoms with E-state index < -0.39 is 0 Å². The fourth-order valence-electron chi connectivity index (χ4n) is 1.57. The lowest BCUT2D eigenvalue weighted by molar-refractivity contribution is 0.939. The van der Waals surface area contributed by atoms with Crippen molar-refractivity contribution in [3.05, 3.63) is 24.3 Å². The Morgan fingerprint density at radius 1 is 1.31 bits per heavy atom. The van der Waals surface area contributed by atoms with Crippen LogP contribution in [0.1, 0.15) is 6.92 Å². The lowest BCUT2D eigenvalue weighted by atomic mass is 10.2. The summed E-state index contributed by atoms with van der Waals surface area (Å²) in [6.45, 7) is 2.96. The summed E-state index contributed by atoms with van der Waals surface area (Å²) in [7, 11) is 2.00. The zero-order valence-corrected chi connectivity index (χ0v) is 9.44. The van der Waals surface area contributed by atoms with Gasteiger partial charge in [-0.3, -0.25) is 5.43 Å². The predicted octanol–water partition coefficient (Wildman–Crippen LogP) is 1.37. The SMILES string of the molecule is CCN(C)c1nc(NN)nc2ccccc12. The molecule has 0 aliphatic heterocycles. The molecule has 5 heteroatoms. The maximum absolute atomic E-state index is 5.36. The molecule has 0 aliphatic carbocycles. The van der Waals surface area contributed by atoms with E-state index in [4.69, 9.17) is 5.84 Å². The average molecular weight is 217 g/mol. The largest absolute Gasteiger partial charge is 0.359 e. The highest BCUT2D eigenvalue weighted by atomic mass is 15.3. The van der Waals surface area contributed by atoms with Crippen molar-refractivity contribution in [2.24, 2.45) is 5.84 Å². The highest BCUT2D eigenvalue weighted by molar-refractivity contribution is 5.90. The van der Waals surface area contributed by atoms with Crippen LogP contribution in [0.25, 0.3) is 10.9 Å². The number of para-hydroxylation sites is 1. The number of nitrogens with zero attached hydrogens (tertiary/aromatic N) is 3. The van der Waals surface area contributed by atoms with Crippen LogP contribution in [0.2, 0.25) is 0 Å². The van der Waals surface area contributed by atoms with Crippen molar-refractivity contribution in [2.45, 2.75) is 6.92 Å². The first-order chi connectivity index (χ1) is 7.76. The van der Waals surface area contributed by atoms with Crippen LogP contribution in [0.4, 0.5) is 11.8 Å². The Hall–Kier alpha value is -1.88. The van der Waals surface area contributed by atoms with Crippen LogP contribution in [-0.2, 0) is 0 Å². The molecule has 84 valence electrons. The number of benzene rings is 1. The van der Waals surface area contributed by atoms with E-state index in [1.807, 2.05) is 31.3 Å². The van der Waals surface area contributed by atoms with E-state index in [0.29, 0.717) is 5.95 Å². The van der Waals surface area contributed by atoms with E-state index in [1.54, 1.807) is 0 Å². The summed E-state index contributed by atoms with van der Waals surface area (Å²) >= 11 is 0. The highest BCUT2D eigenvalue weighted by Crippen LogP contribution is 2.23. The van der Waals surface area contributed by atoms with E-state index in [-0.39, 0.29) is 0 Å². The van der Waals surface area contributed by atoms with Crippen molar-refractivity contribution in [2.75, 3.05) is 23.9 Å². The van der Waals surface area contributed by atoms with E-state index in [2.05, 4.69) is 27.2 Å². The molecule has 0 amide bonds. The number of nitrogens with two attached hydrogens (primary N) is 1. The summed E-state index contributed by atoms with van der Waals surface area (Å²) in [6, 6.07) is 7.89. The zero-order valence-electron chi connectivity index (χ0n) is 9.44. The van der Waals surface area contributed by atoms with Gasteiger partial charge >= 0.3 is 0 Å². The fourth-order valence-corrected chi connectivity index (χ4v) is 1.57. The van der Waals surface area contributed by atoms with E-state index in [0.717, 1.165) is 23.3 Å². The molecule has 1 aromatic carbocycles. The van der Waals surface area contributed by atoms with Crippen molar-refractivity contribution >= 4 is 22.7 Å². The van der Waals surface area contributed by atoms with Gasteiger partial charge in [0, 0.05) is 19.0 Å². The Morgan fingerprint density at radius 3 is 2.75 bits per heavy atom. The third-order valence-corrected chi connectivity index (χ3v) is 2.55. The number of anilines is 2. The summed E-state index contributed by atoms with van der Waals surface area (Å²) < 4.78 is 0. The molecule has 0 saturated carbocycles. The third kappa shape index (κ3) is 1.77. The molecular weight excluding hydrogens is 202 g/mol. The standard InChI is InChI=1S/C11H15N5/c1-3-16(2)10-8-6-4-5-7-9(8)13-11(14-10)15-12/h4-7H,3,12H2,1-2H3,(H,13,14,15). The van der Waals surface area contributed by atoms with Gasteiger partial charge in [-0.2, -0.15) is 4.98 Å². The molecule has 0 atom stereocenters. The summed E-state index contributed by atoms with van der Waals surface area (Å²) in [5.74, 6) is 6.69. The Kier molecular flexibility index (Phi) is 2.87. The summed E-state index contributed by atoms with van der Waals surface area (Å²) in [5.41, 5.74) is 3.38. The number of aromatic nitrogens is 2. The van der Waals surface area contributed by atoms with Crippen molar-refractivity contribution in [1.29, 1.82) is 0 Å². The van der Waals surface area contributed by atoms with Gasteiger partial charge in [-0.1, -0.05) is 12.1 Å². The number of nitrogen functional groups attached to an aromatic ring is 1. The molecule has 2 aromatic rings. The van der Waals surface area contributed by atoms with Crippen LogP contribution in [-0.4, -0.2) is 23.6 Å². The number of nitrogens with one attached hydrogen (secondary N) is 1. The first kappa shape index (κ1) is 10.6. The number of hydrazine groups is 1. The monoisotopic (exact) mass is 217 g/mol. The minimum atomic E-state index is 0.439. The highest BCUT2D eigenvalue weighted by Gasteiger charge is 2.09. The predicted molar refractivity (Wildman–Crippen MR) is 66.3 cm³/mol. The van der Waals surface area contributed by atoms with E-state index in [1.165, 1.54) is 0 Å². The Bertz CT molecular complexity index is 497. The summed E-state index contributed by atoms with van der Waals surface area (Å²) in [5, 5.41) is 1.03. The molecule has 1 heterocycles. The quantitative estimate of drug-likeness (QED) is 0.600. The number of hydrogen-bond donors (Lipinski definition) is 2. The second kappa shape index (κ2) is 4.32. The second-order valence-corrected chi connectivity index (χ2v) is 3.55. The van der Waals surface area contributed by atoms with Gasteiger partial charge in [-0.15, -0.1) is 0 Å². The normalized spacial score (nSPS) is 10.4. The lowest BCUT2D eigenvalue weighted by Crippen LogP contribution is -2.19. The molecule has 0 unspecified atom stereocenters. The smallest absolute Gasteiger partial charge is 0.239 e. The van der Waals surface area contributed by atoms with Crippen LogP contribution < -0.4 is 16.2 Å². The summed E-state index contributed by atoms with van der Waals surface area (Å²) in [4.78, 5) is 10.7. The Balaban J connectivity index is 2.68. The number of rotatable bonds is 3. The molecule has 0 bridgehead atoms. The average Bonchev–Trinajstić information content (AvgIpc) is 2.36. The molecular formula is C11H15N5. The van der Waals surface area contributed by atoms with Gasteiger partial charge in [0.2, 0.25) is 5.95 Å². The maximum Gasteiger partial charge on any atom is 0.239 e. The summed E-state index contributed by atoms with van der Waals surface area (Å²) in [6.07, 6.45) is 0. The van der Waals surface area contributed by atoms with Crippen LogP contribution in [0.15, 0.2) is 24.3 Å². The Morgan fingerprint density at radius 2 is 2.06 bits per heavy atom. The van der Waals surface area contributed by atoms with Gasteiger partial charge in [0.05, 0.1) is 5.52 Å². The molecule has 1 aromatic heterocycles. The topological polar surface area (TPSA) is 67.1 Å². The van der Waals surface area contributed by atoms with Gasteiger partial charge in [0.1, 0.15) is 5.82 Å². The molecule has 0 radical (unpaired) electrons. The minimum absolute atomic E-state index is 0.439. The van der Waals surface area contributed by atoms with Crippen molar-refractivity contribution in [3.8, 4) is 0 Å². The number of fused-ring (bicyclic) bond motifs is 1. The van der Waals surface area contributed by atoms with Crippen LogP contribution in [0.5, 0.6) is 0 Å². The lowest BCUT2D eigenvalue weighted by Gasteiger charge is -2.18. The van der Waals surface area contributed by atoms with Crippen LogP contribution in [0.3, 0.4) is 0 Å². The maximum atomic E-state index is 5.36. The van der Waals surface area contributed by atoms with Gasteiger partial charge in [0.15, 0.2) is 0 Å². The molecule has 0 fully saturated rings. The zero-order chi connectivity index (χ0) is 11.5. The minimum Gasteiger partial charge on any atom is -0.359 e. The molecule has 16 heavy (non-hydrogen) atoms. The fraction of sp³-hybridized carbons (Fsp3) is 0.273. The van der Waals surface area contributed by atoms with Gasteiger partial charge < -0.3 is 4.90 Å². The molecule has 5 nitrogen and oxygen atoms in total. The van der Waals surface area contributed by atoms with E-state index in [9.17, 15) is 0 Å². The second-order valence-electron chi connectivity index (χ2n) is 3.55. The van der Waals surface area contributed by atoms with Crippen molar-refractivity contribution in [1.82, 2.24) is 9.97 Å². The van der Waals surface area contributed by atoms with Gasteiger partial charge in [-0.05, 0) is 19.1 Å². The Labute approximate surface area is 94.3 Å². The van der Waals surface area contributed by atoms with Gasteiger partial charge in [0.25, 0.3) is 0 Å².